The SMILES string of the molecule is CC(=CC=CC1CCC(=O)N1CCc1ccc(C(=O)O)cc1)CC(C)C. The van der Waals surface area contributed by atoms with Crippen LogP contribution in [0.5, 0.6) is 0 Å². The first-order valence-electron chi connectivity index (χ1n) is 9.32. The van der Waals surface area contributed by atoms with Gasteiger partial charge in [-0.05, 0) is 49.8 Å². The molecule has 1 aromatic carbocycles. The Balaban J connectivity index is 1.93. The predicted octanol–water partition coefficient (Wildman–Crippen LogP) is 4.47. The lowest BCUT2D eigenvalue weighted by atomic mass is 10.0. The van der Waals surface area contributed by atoms with Gasteiger partial charge in [-0.25, -0.2) is 4.79 Å². The highest BCUT2D eigenvalue weighted by Gasteiger charge is 2.28. The molecule has 0 bridgehead atoms. The molecular formula is C22H29NO3. The Morgan fingerprint density at radius 3 is 2.62 bits per heavy atom. The van der Waals surface area contributed by atoms with Crippen LogP contribution in [0.2, 0.25) is 0 Å². The van der Waals surface area contributed by atoms with E-state index < -0.39 is 5.97 Å². The van der Waals surface area contributed by atoms with Gasteiger partial charge in [-0.1, -0.05) is 49.8 Å². The maximum atomic E-state index is 12.2. The molecule has 0 saturated carbocycles. The number of aromatic carboxylic acids is 1. The molecule has 1 aliphatic heterocycles. The monoisotopic (exact) mass is 355 g/mol. The summed E-state index contributed by atoms with van der Waals surface area (Å²) in [4.78, 5) is 25.0. The third-order valence-corrected chi connectivity index (χ3v) is 4.66. The van der Waals surface area contributed by atoms with E-state index in [0.717, 1.165) is 24.8 Å². The first-order valence-corrected chi connectivity index (χ1v) is 9.32. The van der Waals surface area contributed by atoms with Gasteiger partial charge in [0.05, 0.1) is 11.6 Å². The van der Waals surface area contributed by atoms with Crippen molar-refractivity contribution in [2.45, 2.75) is 52.5 Å². The molecule has 140 valence electrons. The van der Waals surface area contributed by atoms with E-state index >= 15 is 0 Å². The zero-order valence-electron chi connectivity index (χ0n) is 15.9. The van der Waals surface area contributed by atoms with Crippen molar-refractivity contribution in [1.29, 1.82) is 0 Å². The van der Waals surface area contributed by atoms with Crippen LogP contribution in [-0.4, -0.2) is 34.5 Å². The second kappa shape index (κ2) is 9.37. The molecule has 1 unspecified atom stereocenters. The lowest BCUT2D eigenvalue weighted by molar-refractivity contribution is -0.128. The Kier molecular flexibility index (Phi) is 7.19. The molecular weight excluding hydrogens is 326 g/mol. The minimum Gasteiger partial charge on any atom is -0.478 e. The highest BCUT2D eigenvalue weighted by molar-refractivity contribution is 5.87. The lowest BCUT2D eigenvalue weighted by Crippen LogP contribution is -2.33. The summed E-state index contributed by atoms with van der Waals surface area (Å²) in [5, 5.41) is 8.95. The molecule has 1 amide bonds. The Bertz CT molecular complexity index is 686. The molecule has 0 aromatic heterocycles. The lowest BCUT2D eigenvalue weighted by Gasteiger charge is -2.22. The Labute approximate surface area is 156 Å². The predicted molar refractivity (Wildman–Crippen MR) is 104 cm³/mol. The van der Waals surface area contributed by atoms with E-state index in [1.165, 1.54) is 5.57 Å². The molecule has 1 N–H and O–H groups in total. The fourth-order valence-corrected chi connectivity index (χ4v) is 3.37. The summed E-state index contributed by atoms with van der Waals surface area (Å²) in [5.41, 5.74) is 2.69. The van der Waals surface area contributed by atoms with Crippen LogP contribution >= 0.6 is 0 Å². The van der Waals surface area contributed by atoms with Gasteiger partial charge in [-0.15, -0.1) is 0 Å². The van der Waals surface area contributed by atoms with Gasteiger partial charge in [-0.3, -0.25) is 4.79 Å². The van der Waals surface area contributed by atoms with E-state index in [1.807, 2.05) is 17.0 Å². The number of carbonyl (C=O) groups is 2. The average molecular weight is 355 g/mol. The number of nitrogens with zero attached hydrogens (tertiary/aromatic N) is 1. The van der Waals surface area contributed by atoms with Crippen LogP contribution in [0.3, 0.4) is 0 Å². The molecule has 0 spiro atoms. The van der Waals surface area contributed by atoms with Crippen molar-refractivity contribution in [3.63, 3.8) is 0 Å². The number of benzene rings is 1. The van der Waals surface area contributed by atoms with Crippen LogP contribution in [0, 0.1) is 5.92 Å². The number of carboxylic acids is 1. The molecule has 1 atom stereocenters. The Morgan fingerprint density at radius 1 is 1.31 bits per heavy atom. The summed E-state index contributed by atoms with van der Waals surface area (Å²) in [6.07, 6.45) is 9.64. The maximum absolute atomic E-state index is 12.2. The molecule has 0 aliphatic carbocycles. The van der Waals surface area contributed by atoms with E-state index in [-0.39, 0.29) is 17.5 Å². The number of likely N-dealkylation sites (tertiary alicyclic amines) is 1. The summed E-state index contributed by atoms with van der Waals surface area (Å²) < 4.78 is 0. The number of amides is 1. The van der Waals surface area contributed by atoms with Gasteiger partial charge in [0.2, 0.25) is 5.91 Å². The highest BCUT2D eigenvalue weighted by atomic mass is 16.4. The summed E-state index contributed by atoms with van der Waals surface area (Å²) in [6.45, 7) is 7.22. The third-order valence-electron chi connectivity index (χ3n) is 4.66. The topological polar surface area (TPSA) is 57.6 Å². The van der Waals surface area contributed by atoms with Gasteiger partial charge in [0.1, 0.15) is 0 Å². The van der Waals surface area contributed by atoms with Crippen molar-refractivity contribution in [2.75, 3.05) is 6.54 Å². The van der Waals surface area contributed by atoms with Crippen LogP contribution < -0.4 is 0 Å². The van der Waals surface area contributed by atoms with Crippen LogP contribution in [-0.2, 0) is 11.2 Å². The quantitative estimate of drug-likeness (QED) is 0.700. The zero-order chi connectivity index (χ0) is 19.1. The number of carboxylic acid groups (broad SMARTS) is 1. The highest BCUT2D eigenvalue weighted by Crippen LogP contribution is 2.21. The molecule has 0 radical (unpaired) electrons. The second-order valence-electron chi connectivity index (χ2n) is 7.44. The number of allylic oxidation sites excluding steroid dienone is 3. The average Bonchev–Trinajstić information content (AvgIpc) is 2.92. The molecule has 26 heavy (non-hydrogen) atoms. The van der Waals surface area contributed by atoms with E-state index in [0.29, 0.717) is 18.9 Å². The van der Waals surface area contributed by atoms with Crippen LogP contribution in [0.25, 0.3) is 0 Å². The first kappa shape index (κ1) is 20.0. The van der Waals surface area contributed by atoms with Crippen LogP contribution in [0.4, 0.5) is 0 Å². The molecule has 2 rings (SSSR count). The molecule has 4 nitrogen and oxygen atoms in total. The number of carbonyl (C=O) groups excluding carboxylic acids is 1. The smallest absolute Gasteiger partial charge is 0.335 e. The maximum Gasteiger partial charge on any atom is 0.335 e. The van der Waals surface area contributed by atoms with Crippen molar-refractivity contribution in [3.8, 4) is 0 Å². The van der Waals surface area contributed by atoms with E-state index in [9.17, 15) is 9.59 Å². The summed E-state index contributed by atoms with van der Waals surface area (Å²) >= 11 is 0. The zero-order valence-corrected chi connectivity index (χ0v) is 15.9. The largest absolute Gasteiger partial charge is 0.478 e. The van der Waals surface area contributed by atoms with Crippen molar-refractivity contribution < 1.29 is 14.7 Å². The van der Waals surface area contributed by atoms with Crippen molar-refractivity contribution in [2.24, 2.45) is 5.92 Å². The number of hydrogen-bond donors (Lipinski definition) is 1. The van der Waals surface area contributed by atoms with Gasteiger partial charge >= 0.3 is 5.97 Å². The van der Waals surface area contributed by atoms with Gasteiger partial charge in [0, 0.05) is 13.0 Å². The molecule has 4 heteroatoms. The minimum absolute atomic E-state index is 0.156. The van der Waals surface area contributed by atoms with Crippen molar-refractivity contribution in [3.05, 3.63) is 59.2 Å². The molecule has 1 saturated heterocycles. The number of rotatable bonds is 8. The molecule has 1 heterocycles. The van der Waals surface area contributed by atoms with Gasteiger partial charge in [0.25, 0.3) is 0 Å². The van der Waals surface area contributed by atoms with Crippen LogP contribution in [0.15, 0.2) is 48.1 Å². The summed E-state index contributed by atoms with van der Waals surface area (Å²) in [7, 11) is 0. The molecule has 1 aliphatic rings. The Morgan fingerprint density at radius 2 is 2.00 bits per heavy atom. The van der Waals surface area contributed by atoms with Crippen LogP contribution in [0.1, 0.15) is 56.0 Å². The summed E-state index contributed by atoms with van der Waals surface area (Å²) in [6, 6.07) is 7.04. The van der Waals surface area contributed by atoms with E-state index in [2.05, 4.69) is 39.0 Å². The normalized spacial score (nSPS) is 18.3. The van der Waals surface area contributed by atoms with E-state index in [1.54, 1.807) is 12.1 Å². The third kappa shape index (κ3) is 5.87. The van der Waals surface area contributed by atoms with Crippen molar-refractivity contribution in [1.82, 2.24) is 4.90 Å². The molecule has 1 aromatic rings. The Hall–Kier alpha value is -2.36. The van der Waals surface area contributed by atoms with Gasteiger partial charge < -0.3 is 10.0 Å². The second-order valence-corrected chi connectivity index (χ2v) is 7.44. The molecule has 1 fully saturated rings. The van der Waals surface area contributed by atoms with E-state index in [4.69, 9.17) is 5.11 Å². The fourth-order valence-electron chi connectivity index (χ4n) is 3.37. The van der Waals surface area contributed by atoms with Crippen molar-refractivity contribution >= 4 is 11.9 Å². The standard InChI is InChI=1S/C22H29NO3/c1-16(2)15-17(3)5-4-6-20-11-12-21(24)23(20)14-13-18-7-9-19(10-8-18)22(25)26/h4-10,16,20H,11-15H2,1-3H3,(H,25,26). The summed E-state index contributed by atoms with van der Waals surface area (Å²) in [5.74, 6) is -0.0707. The number of hydrogen-bond acceptors (Lipinski definition) is 2. The first-order chi connectivity index (χ1) is 12.4. The minimum atomic E-state index is -0.919. The van der Waals surface area contributed by atoms with Gasteiger partial charge in [0.15, 0.2) is 0 Å². The fraction of sp³-hybridized carbons (Fsp3) is 0.455. The van der Waals surface area contributed by atoms with Gasteiger partial charge in [-0.2, -0.15) is 0 Å².